The predicted molar refractivity (Wildman–Crippen MR) is 65.1 cm³/mol. The van der Waals surface area contributed by atoms with Gasteiger partial charge < -0.3 is 9.84 Å². The minimum absolute atomic E-state index is 0.233. The third kappa shape index (κ3) is 11.8. The van der Waals surface area contributed by atoms with Gasteiger partial charge in [0.2, 0.25) is 0 Å². The lowest BCUT2D eigenvalue weighted by Crippen LogP contribution is -2.10. The smallest absolute Gasteiger partial charge is 0.0513 e. The van der Waals surface area contributed by atoms with Crippen molar-refractivity contribution in [3.63, 3.8) is 0 Å². The van der Waals surface area contributed by atoms with Gasteiger partial charge in [0.25, 0.3) is 0 Å². The van der Waals surface area contributed by atoms with Crippen molar-refractivity contribution in [3.05, 3.63) is 0 Å². The summed E-state index contributed by atoms with van der Waals surface area (Å²) in [6, 6.07) is 0. The van der Waals surface area contributed by atoms with E-state index in [0.717, 1.165) is 6.61 Å². The van der Waals surface area contributed by atoms with Gasteiger partial charge >= 0.3 is 0 Å². The Hall–Kier alpha value is -0.0800. The van der Waals surface area contributed by atoms with Gasteiger partial charge in [-0.2, -0.15) is 0 Å². The predicted octanol–water partition coefficient (Wildman–Crippen LogP) is 3.38. The van der Waals surface area contributed by atoms with Crippen LogP contribution in [0.5, 0.6) is 0 Å². The summed E-state index contributed by atoms with van der Waals surface area (Å²) in [5.41, 5.74) is 0. The van der Waals surface area contributed by atoms with Crippen molar-refractivity contribution in [1.29, 1.82) is 0 Å². The average molecular weight is 216 g/mol. The molecule has 0 amide bonds. The molecule has 0 rings (SSSR count). The van der Waals surface area contributed by atoms with Gasteiger partial charge in [0.05, 0.1) is 6.61 Å². The van der Waals surface area contributed by atoms with Crippen LogP contribution in [0, 0.1) is 5.92 Å². The van der Waals surface area contributed by atoms with Crippen molar-refractivity contribution in [2.45, 2.75) is 58.8 Å². The largest absolute Gasteiger partial charge is 0.396 e. The van der Waals surface area contributed by atoms with Crippen molar-refractivity contribution in [2.24, 2.45) is 5.92 Å². The molecule has 92 valence electrons. The number of unbranched alkanes of at least 4 members (excludes halogenated alkanes) is 6. The van der Waals surface area contributed by atoms with Crippen LogP contribution in [-0.2, 0) is 4.74 Å². The molecule has 0 fully saturated rings. The standard InChI is InChI=1S/C13H28O2/c1-3-4-5-6-7-8-9-10-15-12-13(2)11-14/h13-14H,3-12H2,1-2H3. The van der Waals surface area contributed by atoms with Crippen LogP contribution in [0.3, 0.4) is 0 Å². The molecule has 0 radical (unpaired) electrons. The van der Waals surface area contributed by atoms with Crippen molar-refractivity contribution in [1.82, 2.24) is 0 Å². The molecule has 0 saturated carbocycles. The quantitative estimate of drug-likeness (QED) is 0.536. The molecule has 0 aromatic rings. The van der Waals surface area contributed by atoms with Crippen LogP contribution in [0.1, 0.15) is 58.8 Å². The van der Waals surface area contributed by atoms with E-state index in [4.69, 9.17) is 9.84 Å². The SMILES string of the molecule is CCCCCCCCCOCC(C)CO. The zero-order valence-corrected chi connectivity index (χ0v) is 10.5. The molecule has 0 aromatic heterocycles. The third-order valence-electron chi connectivity index (χ3n) is 2.61. The summed E-state index contributed by atoms with van der Waals surface area (Å²) in [6.07, 6.45) is 9.27. The lowest BCUT2D eigenvalue weighted by molar-refractivity contribution is 0.0775. The highest BCUT2D eigenvalue weighted by Crippen LogP contribution is 2.07. The van der Waals surface area contributed by atoms with Crippen molar-refractivity contribution in [2.75, 3.05) is 19.8 Å². The van der Waals surface area contributed by atoms with E-state index in [1.165, 1.54) is 44.9 Å². The second kappa shape index (κ2) is 12.0. The Kier molecular flexibility index (Phi) is 11.9. The maximum Gasteiger partial charge on any atom is 0.0513 e. The van der Waals surface area contributed by atoms with E-state index >= 15 is 0 Å². The van der Waals surface area contributed by atoms with Gasteiger partial charge in [-0.3, -0.25) is 0 Å². The number of hydrogen-bond acceptors (Lipinski definition) is 2. The minimum atomic E-state index is 0.233. The molecule has 0 spiro atoms. The second-order valence-corrected chi connectivity index (χ2v) is 4.48. The Labute approximate surface area is 95.0 Å². The average Bonchev–Trinajstić information content (AvgIpc) is 2.26. The Morgan fingerprint density at radius 2 is 1.60 bits per heavy atom. The van der Waals surface area contributed by atoms with Crippen LogP contribution in [0.15, 0.2) is 0 Å². The summed E-state index contributed by atoms with van der Waals surface area (Å²) in [5.74, 6) is 0.287. The number of hydrogen-bond donors (Lipinski definition) is 1. The van der Waals surface area contributed by atoms with Gasteiger partial charge in [-0.25, -0.2) is 0 Å². The molecule has 0 aliphatic carbocycles. The highest BCUT2D eigenvalue weighted by molar-refractivity contribution is 4.48. The first kappa shape index (κ1) is 14.9. The zero-order chi connectivity index (χ0) is 11.4. The molecule has 1 unspecified atom stereocenters. The van der Waals surface area contributed by atoms with Gasteiger partial charge in [-0.05, 0) is 6.42 Å². The van der Waals surface area contributed by atoms with Crippen LogP contribution in [0.25, 0.3) is 0 Å². The van der Waals surface area contributed by atoms with Crippen LogP contribution >= 0.6 is 0 Å². The Balaban J connectivity index is 2.92. The minimum Gasteiger partial charge on any atom is -0.396 e. The van der Waals surface area contributed by atoms with Crippen molar-refractivity contribution >= 4 is 0 Å². The zero-order valence-electron chi connectivity index (χ0n) is 10.5. The topological polar surface area (TPSA) is 29.5 Å². The molecule has 0 saturated heterocycles. The first-order valence-corrected chi connectivity index (χ1v) is 6.49. The maximum atomic E-state index is 8.78. The van der Waals surface area contributed by atoms with Crippen LogP contribution in [0.4, 0.5) is 0 Å². The monoisotopic (exact) mass is 216 g/mol. The van der Waals surface area contributed by atoms with E-state index in [1.54, 1.807) is 0 Å². The summed E-state index contributed by atoms with van der Waals surface area (Å²) in [7, 11) is 0. The molecule has 0 heterocycles. The number of aliphatic hydroxyl groups is 1. The first-order valence-electron chi connectivity index (χ1n) is 6.49. The number of rotatable bonds is 11. The summed E-state index contributed by atoms with van der Waals surface area (Å²) in [5, 5.41) is 8.78. The maximum absolute atomic E-state index is 8.78. The second-order valence-electron chi connectivity index (χ2n) is 4.48. The molecule has 0 bridgehead atoms. The molecule has 15 heavy (non-hydrogen) atoms. The van der Waals surface area contributed by atoms with E-state index in [0.29, 0.717) is 6.61 Å². The summed E-state index contributed by atoms with van der Waals surface area (Å²) in [6.45, 7) is 6.04. The lowest BCUT2D eigenvalue weighted by Gasteiger charge is -2.08. The fourth-order valence-corrected chi connectivity index (χ4v) is 1.50. The fraction of sp³-hybridized carbons (Fsp3) is 1.00. The molecule has 1 N–H and O–H groups in total. The Morgan fingerprint density at radius 1 is 1.00 bits per heavy atom. The van der Waals surface area contributed by atoms with Gasteiger partial charge in [-0.15, -0.1) is 0 Å². The summed E-state index contributed by atoms with van der Waals surface area (Å²) >= 11 is 0. The Morgan fingerprint density at radius 3 is 2.20 bits per heavy atom. The summed E-state index contributed by atoms with van der Waals surface area (Å²) < 4.78 is 5.45. The normalized spacial score (nSPS) is 13.0. The molecule has 2 nitrogen and oxygen atoms in total. The van der Waals surface area contributed by atoms with Crippen LogP contribution in [-0.4, -0.2) is 24.9 Å². The lowest BCUT2D eigenvalue weighted by atomic mass is 10.1. The molecule has 0 aliphatic heterocycles. The van der Waals surface area contributed by atoms with Gasteiger partial charge in [0.15, 0.2) is 0 Å². The highest BCUT2D eigenvalue weighted by atomic mass is 16.5. The molecule has 1 atom stereocenters. The van der Waals surface area contributed by atoms with Crippen LogP contribution < -0.4 is 0 Å². The third-order valence-corrected chi connectivity index (χ3v) is 2.61. The van der Waals surface area contributed by atoms with Gasteiger partial charge in [-0.1, -0.05) is 52.4 Å². The van der Waals surface area contributed by atoms with E-state index < -0.39 is 0 Å². The van der Waals surface area contributed by atoms with Gasteiger partial charge in [0.1, 0.15) is 0 Å². The fourth-order valence-electron chi connectivity index (χ4n) is 1.50. The highest BCUT2D eigenvalue weighted by Gasteiger charge is 1.98. The number of ether oxygens (including phenoxy) is 1. The summed E-state index contributed by atoms with van der Waals surface area (Å²) in [4.78, 5) is 0. The number of aliphatic hydroxyl groups excluding tert-OH is 1. The van der Waals surface area contributed by atoms with Crippen molar-refractivity contribution < 1.29 is 9.84 Å². The van der Waals surface area contributed by atoms with Gasteiger partial charge in [0, 0.05) is 19.1 Å². The van der Waals surface area contributed by atoms with E-state index in [1.807, 2.05) is 6.92 Å². The van der Waals surface area contributed by atoms with E-state index in [9.17, 15) is 0 Å². The van der Waals surface area contributed by atoms with E-state index in [2.05, 4.69) is 6.92 Å². The molecular weight excluding hydrogens is 188 g/mol. The molecule has 0 aliphatic rings. The van der Waals surface area contributed by atoms with Crippen molar-refractivity contribution in [3.8, 4) is 0 Å². The Bertz CT molecular complexity index is 115. The molecule has 2 heteroatoms. The van der Waals surface area contributed by atoms with E-state index in [-0.39, 0.29) is 12.5 Å². The first-order chi connectivity index (χ1) is 7.31. The van der Waals surface area contributed by atoms with Crippen LogP contribution in [0.2, 0.25) is 0 Å². The molecular formula is C13H28O2. The molecule has 0 aromatic carbocycles.